The van der Waals surface area contributed by atoms with Gasteiger partial charge in [0.05, 0.1) is 34.9 Å². The number of amides is 1. The van der Waals surface area contributed by atoms with Gasteiger partial charge in [0.2, 0.25) is 0 Å². The number of alkyl halides is 3. The molecular weight excluding hydrogens is 452 g/mol. The first-order valence-corrected chi connectivity index (χ1v) is 10.5. The van der Waals surface area contributed by atoms with Crippen LogP contribution in [0.5, 0.6) is 0 Å². The fourth-order valence-electron chi connectivity index (χ4n) is 3.98. The second-order valence-electron chi connectivity index (χ2n) is 8.10. The summed E-state index contributed by atoms with van der Waals surface area (Å²) in [4.78, 5) is 22.7. The molecule has 0 spiro atoms. The molecule has 1 aliphatic rings. The van der Waals surface area contributed by atoms with Crippen LogP contribution >= 0.6 is 0 Å². The fourth-order valence-corrected chi connectivity index (χ4v) is 3.98. The second-order valence-corrected chi connectivity index (χ2v) is 8.10. The number of carbonyl (C=O) groups excluding carboxylic acids is 1. The van der Waals surface area contributed by atoms with E-state index in [1.807, 2.05) is 0 Å². The molecule has 7 nitrogen and oxygen atoms in total. The highest BCUT2D eigenvalue weighted by Crippen LogP contribution is 2.36. The number of hydrogen-bond acceptors (Lipinski definition) is 6. The van der Waals surface area contributed by atoms with Crippen LogP contribution in [0.3, 0.4) is 0 Å². The van der Waals surface area contributed by atoms with E-state index in [-0.39, 0.29) is 47.8 Å². The number of anilines is 3. The molecule has 0 aliphatic carbocycles. The smallest absolute Gasteiger partial charge is 0.393 e. The van der Waals surface area contributed by atoms with Crippen LogP contribution in [0.1, 0.15) is 16.9 Å². The Morgan fingerprint density at radius 1 is 1.12 bits per heavy atom. The van der Waals surface area contributed by atoms with Gasteiger partial charge in [0.15, 0.2) is 5.69 Å². The van der Waals surface area contributed by atoms with Gasteiger partial charge in [-0.2, -0.15) is 13.2 Å². The highest BCUT2D eigenvalue weighted by molar-refractivity contribution is 6.07. The van der Waals surface area contributed by atoms with Gasteiger partial charge in [-0.25, -0.2) is 9.37 Å². The van der Waals surface area contributed by atoms with E-state index in [1.54, 1.807) is 6.07 Å². The number of carbonyl (C=O) groups is 1. The quantitative estimate of drug-likeness (QED) is 0.496. The first kappa shape index (κ1) is 23.4. The molecule has 3 heterocycles. The Labute approximate surface area is 192 Å². The Morgan fingerprint density at radius 2 is 1.88 bits per heavy atom. The van der Waals surface area contributed by atoms with Gasteiger partial charge in [0.1, 0.15) is 5.82 Å². The maximum atomic E-state index is 14.2. The molecule has 11 heteroatoms. The van der Waals surface area contributed by atoms with Crippen LogP contribution in [0.4, 0.5) is 34.6 Å². The molecule has 1 aromatic carbocycles. The predicted molar refractivity (Wildman–Crippen MR) is 121 cm³/mol. The third-order valence-electron chi connectivity index (χ3n) is 5.62. The number of halogens is 4. The van der Waals surface area contributed by atoms with Crippen molar-refractivity contribution in [3.63, 3.8) is 0 Å². The van der Waals surface area contributed by atoms with Crippen molar-refractivity contribution in [2.45, 2.75) is 18.6 Å². The highest BCUT2D eigenvalue weighted by atomic mass is 19.4. The van der Waals surface area contributed by atoms with E-state index < -0.39 is 29.9 Å². The van der Waals surface area contributed by atoms with E-state index in [0.29, 0.717) is 5.69 Å². The van der Waals surface area contributed by atoms with Gasteiger partial charge < -0.3 is 21.7 Å². The van der Waals surface area contributed by atoms with E-state index in [2.05, 4.69) is 15.3 Å². The van der Waals surface area contributed by atoms with Crippen LogP contribution in [0.25, 0.3) is 11.3 Å². The molecular formula is C23H22F4N6O. The third kappa shape index (κ3) is 4.93. The number of nitrogens with zero attached hydrogens (tertiary/aromatic N) is 3. The van der Waals surface area contributed by atoms with Crippen molar-refractivity contribution in [3.05, 3.63) is 66.4 Å². The summed E-state index contributed by atoms with van der Waals surface area (Å²) in [6.07, 6.45) is -1.82. The molecule has 3 aromatic rings. The summed E-state index contributed by atoms with van der Waals surface area (Å²) in [7, 11) is 0. The molecule has 2 aromatic heterocycles. The van der Waals surface area contributed by atoms with Crippen LogP contribution in [-0.4, -0.2) is 41.2 Å². The maximum Gasteiger partial charge on any atom is 0.393 e. The Morgan fingerprint density at radius 3 is 2.62 bits per heavy atom. The summed E-state index contributed by atoms with van der Waals surface area (Å²) in [6.45, 7) is -0.115. The molecule has 34 heavy (non-hydrogen) atoms. The van der Waals surface area contributed by atoms with Crippen molar-refractivity contribution in [1.29, 1.82) is 0 Å². The van der Waals surface area contributed by atoms with E-state index in [9.17, 15) is 22.4 Å². The van der Waals surface area contributed by atoms with Crippen molar-refractivity contribution in [3.8, 4) is 11.3 Å². The summed E-state index contributed by atoms with van der Waals surface area (Å²) < 4.78 is 54.3. The lowest BCUT2D eigenvalue weighted by atomic mass is 9.93. The molecule has 0 bridgehead atoms. The number of rotatable bonds is 4. The number of hydrogen-bond donors (Lipinski definition) is 3. The number of nitrogen functional groups attached to an aromatic ring is 1. The summed E-state index contributed by atoms with van der Waals surface area (Å²) in [5.74, 6) is -2.82. The zero-order valence-electron chi connectivity index (χ0n) is 17.9. The zero-order valence-corrected chi connectivity index (χ0v) is 17.9. The average molecular weight is 474 g/mol. The first-order valence-electron chi connectivity index (χ1n) is 10.5. The number of nitrogens with two attached hydrogens (primary N) is 2. The van der Waals surface area contributed by atoms with Gasteiger partial charge >= 0.3 is 6.18 Å². The van der Waals surface area contributed by atoms with Crippen LogP contribution in [0.15, 0.2) is 54.9 Å². The Kier molecular flexibility index (Phi) is 6.38. The van der Waals surface area contributed by atoms with Gasteiger partial charge in [-0.15, -0.1) is 0 Å². The predicted octanol–water partition coefficient (Wildman–Crippen LogP) is 3.83. The Hall–Kier alpha value is -3.73. The number of benzene rings is 1. The standard InChI is InChI=1S/C23H22F4N6O/c24-16-4-2-1-3-15(16)18-6-5-17(29)21(31-18)22(34)32-19-10-30-8-7-20(19)33-11-13(23(25,26)27)9-14(28)12-33/h1-8,10,13-14H,9,11-12,28-29H2,(H,32,34). The topological polar surface area (TPSA) is 110 Å². The molecule has 0 radical (unpaired) electrons. The van der Waals surface area contributed by atoms with Gasteiger partial charge in [-0.3, -0.25) is 9.78 Å². The van der Waals surface area contributed by atoms with Crippen molar-refractivity contribution in [2.75, 3.05) is 29.0 Å². The van der Waals surface area contributed by atoms with Crippen molar-refractivity contribution < 1.29 is 22.4 Å². The van der Waals surface area contributed by atoms with Gasteiger partial charge in [0, 0.05) is 30.9 Å². The van der Waals surface area contributed by atoms with Gasteiger partial charge in [-0.05, 0) is 36.8 Å². The molecule has 178 valence electrons. The van der Waals surface area contributed by atoms with Crippen LogP contribution in [-0.2, 0) is 0 Å². The van der Waals surface area contributed by atoms with E-state index >= 15 is 0 Å². The average Bonchev–Trinajstić information content (AvgIpc) is 2.79. The lowest BCUT2D eigenvalue weighted by molar-refractivity contribution is -0.177. The summed E-state index contributed by atoms with van der Waals surface area (Å²) in [5, 5.41) is 2.63. The fraction of sp³-hybridized carbons (Fsp3) is 0.261. The molecule has 2 atom stereocenters. The molecule has 1 aliphatic heterocycles. The van der Waals surface area contributed by atoms with E-state index in [1.165, 1.54) is 53.7 Å². The van der Waals surface area contributed by atoms with Crippen molar-refractivity contribution in [1.82, 2.24) is 9.97 Å². The Bertz CT molecular complexity index is 1200. The minimum atomic E-state index is -4.39. The second kappa shape index (κ2) is 9.26. The SMILES string of the molecule is Nc1ccc(-c2ccccc2F)nc1C(=O)Nc1cnccc1N1CC(N)CC(C(F)(F)F)C1. The molecule has 5 N–H and O–H groups in total. The summed E-state index contributed by atoms with van der Waals surface area (Å²) in [6, 6.07) is 9.70. The van der Waals surface area contributed by atoms with Crippen molar-refractivity contribution in [2.24, 2.45) is 11.7 Å². The minimum absolute atomic E-state index is 0.0557. The summed E-state index contributed by atoms with van der Waals surface area (Å²) >= 11 is 0. The van der Waals surface area contributed by atoms with Crippen molar-refractivity contribution >= 4 is 23.0 Å². The van der Waals surface area contributed by atoms with Crippen LogP contribution < -0.4 is 21.7 Å². The lowest BCUT2D eigenvalue weighted by Crippen LogP contribution is -2.51. The van der Waals surface area contributed by atoms with Gasteiger partial charge in [-0.1, -0.05) is 12.1 Å². The third-order valence-corrected chi connectivity index (χ3v) is 5.62. The van der Waals surface area contributed by atoms with Crippen LogP contribution in [0, 0.1) is 11.7 Å². The molecule has 1 fully saturated rings. The van der Waals surface area contributed by atoms with Crippen LogP contribution in [0.2, 0.25) is 0 Å². The molecule has 1 saturated heterocycles. The lowest BCUT2D eigenvalue weighted by Gasteiger charge is -2.39. The maximum absolute atomic E-state index is 14.2. The first-order chi connectivity index (χ1) is 16.1. The number of piperidine rings is 1. The Balaban J connectivity index is 1.62. The summed E-state index contributed by atoms with van der Waals surface area (Å²) in [5.41, 5.74) is 12.7. The molecule has 0 saturated carbocycles. The molecule has 1 amide bonds. The van der Waals surface area contributed by atoms with Gasteiger partial charge in [0.25, 0.3) is 5.91 Å². The monoisotopic (exact) mass is 474 g/mol. The number of pyridine rings is 2. The normalized spacial score (nSPS) is 18.6. The zero-order chi connectivity index (χ0) is 24.5. The van der Waals surface area contributed by atoms with E-state index in [0.717, 1.165) is 0 Å². The number of nitrogens with one attached hydrogen (secondary N) is 1. The highest BCUT2D eigenvalue weighted by Gasteiger charge is 2.44. The molecule has 4 rings (SSSR count). The largest absolute Gasteiger partial charge is 0.397 e. The number of aromatic nitrogens is 2. The molecule has 2 unspecified atom stereocenters. The minimum Gasteiger partial charge on any atom is -0.397 e. The van der Waals surface area contributed by atoms with E-state index in [4.69, 9.17) is 11.5 Å².